The van der Waals surface area contributed by atoms with E-state index in [2.05, 4.69) is 26.8 Å². The van der Waals surface area contributed by atoms with E-state index in [1.165, 1.54) is 37.7 Å². The predicted octanol–water partition coefficient (Wildman–Crippen LogP) is 5.46. The summed E-state index contributed by atoms with van der Waals surface area (Å²) in [7, 11) is 0. The molecule has 22 heavy (non-hydrogen) atoms. The second-order valence-corrected chi connectivity index (χ2v) is 8.77. The third-order valence-corrected chi connectivity index (χ3v) is 8.02. The third kappa shape index (κ3) is 1.80. The van der Waals surface area contributed by atoms with Crippen LogP contribution in [0.15, 0.2) is 23.3 Å². The lowest BCUT2D eigenvalue weighted by Gasteiger charge is -2.53. The molecule has 1 nitrogen and oxygen atoms in total. The summed E-state index contributed by atoms with van der Waals surface area (Å²) >= 11 is 0. The zero-order valence-electron chi connectivity index (χ0n) is 14.5. The molecule has 2 fully saturated rings. The molecular weight excluding hydrogens is 268 g/mol. The maximum atomic E-state index is 11.8. The van der Waals surface area contributed by atoms with Gasteiger partial charge in [0.1, 0.15) is 0 Å². The van der Waals surface area contributed by atoms with Crippen LogP contribution in [0.1, 0.15) is 72.1 Å². The highest BCUT2D eigenvalue weighted by Crippen LogP contribution is 2.64. The first-order chi connectivity index (χ1) is 10.5. The van der Waals surface area contributed by atoms with Crippen molar-refractivity contribution in [3.05, 3.63) is 23.3 Å². The Morgan fingerprint density at radius 3 is 2.77 bits per heavy atom. The van der Waals surface area contributed by atoms with E-state index in [0.717, 1.165) is 37.0 Å². The molecule has 0 heterocycles. The van der Waals surface area contributed by atoms with E-state index in [0.29, 0.717) is 11.2 Å². The van der Waals surface area contributed by atoms with Crippen LogP contribution in [0.2, 0.25) is 0 Å². The maximum absolute atomic E-state index is 11.8. The fourth-order valence-electron chi connectivity index (χ4n) is 6.63. The van der Waals surface area contributed by atoms with Crippen LogP contribution in [0, 0.1) is 28.6 Å². The largest absolute Gasteiger partial charge is 0.295 e. The number of ketones is 1. The lowest BCUT2D eigenvalue weighted by Crippen LogP contribution is -2.44. The number of hydrogen-bond donors (Lipinski definition) is 0. The van der Waals surface area contributed by atoms with Crippen LogP contribution < -0.4 is 0 Å². The zero-order chi connectivity index (χ0) is 15.5. The van der Waals surface area contributed by atoms with E-state index < -0.39 is 0 Å². The number of carbonyl (C=O) groups excluding carboxylic acids is 1. The lowest BCUT2D eigenvalue weighted by molar-refractivity contribution is -0.115. The topological polar surface area (TPSA) is 17.1 Å². The molecule has 0 aromatic carbocycles. The minimum absolute atomic E-state index is 0.211. The molecule has 0 bridgehead atoms. The van der Waals surface area contributed by atoms with Crippen molar-refractivity contribution >= 4 is 5.78 Å². The monoisotopic (exact) mass is 298 g/mol. The van der Waals surface area contributed by atoms with Gasteiger partial charge in [-0.2, -0.15) is 0 Å². The highest BCUT2D eigenvalue weighted by Gasteiger charge is 2.55. The van der Waals surface area contributed by atoms with Crippen molar-refractivity contribution in [3.8, 4) is 0 Å². The highest BCUT2D eigenvalue weighted by atomic mass is 16.1. The lowest BCUT2D eigenvalue weighted by atomic mass is 9.51. The molecule has 0 N–H and O–H groups in total. The van der Waals surface area contributed by atoms with Gasteiger partial charge in [0.25, 0.3) is 0 Å². The minimum atomic E-state index is 0.211. The molecule has 0 spiro atoms. The van der Waals surface area contributed by atoms with E-state index >= 15 is 0 Å². The smallest absolute Gasteiger partial charge is 0.155 e. The molecule has 0 amide bonds. The summed E-state index contributed by atoms with van der Waals surface area (Å²) in [6.07, 6.45) is 14.4. The molecule has 0 aliphatic heterocycles. The summed E-state index contributed by atoms with van der Waals surface area (Å²) in [5.41, 5.74) is 3.92. The zero-order valence-corrected chi connectivity index (χ0v) is 14.5. The summed E-state index contributed by atoms with van der Waals surface area (Å²) < 4.78 is 0. The molecule has 4 aliphatic carbocycles. The van der Waals surface area contributed by atoms with Gasteiger partial charge in [-0.15, -0.1) is 0 Å². The van der Waals surface area contributed by atoms with Crippen LogP contribution in [0.3, 0.4) is 0 Å². The molecule has 5 atom stereocenters. The van der Waals surface area contributed by atoms with Gasteiger partial charge in [-0.05, 0) is 67.8 Å². The summed E-state index contributed by atoms with van der Waals surface area (Å²) in [6, 6.07) is 0. The summed E-state index contributed by atoms with van der Waals surface area (Å²) in [6.45, 7) is 7.38. The Bertz CT molecular complexity index is 568. The Labute approximate surface area is 135 Å². The number of allylic oxidation sites excluding steroid dienone is 4. The quantitative estimate of drug-likeness (QED) is 0.587. The van der Waals surface area contributed by atoms with E-state index in [4.69, 9.17) is 0 Å². The first-order valence-electron chi connectivity index (χ1n) is 9.43. The molecule has 0 unspecified atom stereocenters. The average molecular weight is 298 g/mol. The number of hydrogen-bond acceptors (Lipinski definition) is 1. The van der Waals surface area contributed by atoms with Crippen LogP contribution in [-0.4, -0.2) is 5.78 Å². The Morgan fingerprint density at radius 2 is 2.00 bits per heavy atom. The maximum Gasteiger partial charge on any atom is 0.155 e. The van der Waals surface area contributed by atoms with Gasteiger partial charge in [-0.1, -0.05) is 44.4 Å². The van der Waals surface area contributed by atoms with Gasteiger partial charge in [0, 0.05) is 11.8 Å². The second kappa shape index (κ2) is 4.82. The molecule has 0 saturated heterocycles. The number of fused-ring (bicyclic) bond motifs is 5. The molecule has 120 valence electrons. The Hall–Kier alpha value is -0.850. The van der Waals surface area contributed by atoms with Gasteiger partial charge in [0.15, 0.2) is 5.78 Å². The Balaban J connectivity index is 1.74. The van der Waals surface area contributed by atoms with Crippen LogP contribution in [0.25, 0.3) is 0 Å². The molecule has 2 saturated carbocycles. The SMILES string of the molecule is CC[C@H]1CC[C@H]2[C@@H]3CCC4=CC(=O)CC[C@]4(C)C3=CC[C@]12C. The molecule has 4 aliphatic rings. The van der Waals surface area contributed by atoms with E-state index in [9.17, 15) is 4.79 Å². The summed E-state index contributed by atoms with van der Waals surface area (Å²) in [5, 5.41) is 0. The van der Waals surface area contributed by atoms with Gasteiger partial charge in [0.2, 0.25) is 0 Å². The molecule has 0 aromatic rings. The van der Waals surface area contributed by atoms with E-state index in [1.54, 1.807) is 5.57 Å². The van der Waals surface area contributed by atoms with Crippen molar-refractivity contribution in [3.63, 3.8) is 0 Å². The minimum Gasteiger partial charge on any atom is -0.295 e. The fourth-order valence-corrected chi connectivity index (χ4v) is 6.63. The first kappa shape index (κ1) is 14.7. The summed E-state index contributed by atoms with van der Waals surface area (Å²) in [4.78, 5) is 11.8. The fraction of sp³-hybridized carbons (Fsp3) is 0.762. The van der Waals surface area contributed by atoms with E-state index in [1.807, 2.05) is 6.08 Å². The summed E-state index contributed by atoms with van der Waals surface area (Å²) in [5.74, 6) is 2.98. The van der Waals surface area contributed by atoms with Crippen LogP contribution >= 0.6 is 0 Å². The highest BCUT2D eigenvalue weighted by molar-refractivity contribution is 5.92. The van der Waals surface area contributed by atoms with Gasteiger partial charge in [-0.3, -0.25) is 4.79 Å². The average Bonchev–Trinajstić information content (AvgIpc) is 2.84. The number of carbonyl (C=O) groups is 1. The number of rotatable bonds is 1. The molecule has 4 rings (SSSR count). The van der Waals surface area contributed by atoms with Crippen molar-refractivity contribution in [1.29, 1.82) is 0 Å². The van der Waals surface area contributed by atoms with Crippen molar-refractivity contribution in [2.24, 2.45) is 28.6 Å². The standard InChI is InChI=1S/C21H30O/c1-4-14-6-8-18-17-7-5-15-13-16(22)9-11-21(15,3)19(17)10-12-20(14,18)2/h10,13-14,17-18H,4-9,11-12H2,1-3H3/t14-,17-,18-,20+,21-/m0/s1. The Morgan fingerprint density at radius 1 is 1.18 bits per heavy atom. The van der Waals surface area contributed by atoms with Gasteiger partial charge in [-0.25, -0.2) is 0 Å². The van der Waals surface area contributed by atoms with Crippen molar-refractivity contribution in [2.45, 2.75) is 72.1 Å². The second-order valence-electron chi connectivity index (χ2n) is 8.77. The molecule has 1 heteroatoms. The first-order valence-corrected chi connectivity index (χ1v) is 9.43. The van der Waals surface area contributed by atoms with Gasteiger partial charge in [0.05, 0.1) is 0 Å². The van der Waals surface area contributed by atoms with Crippen molar-refractivity contribution in [1.82, 2.24) is 0 Å². The van der Waals surface area contributed by atoms with E-state index in [-0.39, 0.29) is 5.41 Å². The van der Waals surface area contributed by atoms with Crippen molar-refractivity contribution < 1.29 is 4.79 Å². The molecular formula is C21H30O. The third-order valence-electron chi connectivity index (χ3n) is 8.02. The van der Waals surface area contributed by atoms with Crippen LogP contribution in [0.5, 0.6) is 0 Å². The predicted molar refractivity (Wildman–Crippen MR) is 90.5 cm³/mol. The van der Waals surface area contributed by atoms with Crippen molar-refractivity contribution in [2.75, 3.05) is 0 Å². The van der Waals surface area contributed by atoms with Gasteiger partial charge >= 0.3 is 0 Å². The molecule has 0 aromatic heterocycles. The van der Waals surface area contributed by atoms with Gasteiger partial charge < -0.3 is 0 Å². The molecule has 0 radical (unpaired) electrons. The normalized spacial score (nSPS) is 47.2. The van der Waals surface area contributed by atoms with Crippen LogP contribution in [-0.2, 0) is 4.79 Å². The van der Waals surface area contributed by atoms with Crippen LogP contribution in [0.4, 0.5) is 0 Å². The Kier molecular flexibility index (Phi) is 3.23.